The molecule has 1 rings (SSSR count). The van der Waals surface area contributed by atoms with Crippen LogP contribution < -0.4 is 10.6 Å². The van der Waals surface area contributed by atoms with E-state index in [0.29, 0.717) is 6.42 Å². The van der Waals surface area contributed by atoms with Gasteiger partial charge >= 0.3 is 0 Å². The van der Waals surface area contributed by atoms with Gasteiger partial charge in [-0.2, -0.15) is 0 Å². The van der Waals surface area contributed by atoms with E-state index in [1.807, 2.05) is 0 Å². The number of rotatable bonds is 8. The van der Waals surface area contributed by atoms with Gasteiger partial charge in [-0.05, 0) is 26.3 Å². The summed E-state index contributed by atoms with van der Waals surface area (Å²) in [7, 11) is 1.68. The second kappa shape index (κ2) is 6.86. The third-order valence-electron chi connectivity index (χ3n) is 3.13. The highest BCUT2D eigenvalue weighted by Crippen LogP contribution is 2.25. The first-order chi connectivity index (χ1) is 7.67. The Kier molecular flexibility index (Phi) is 5.77. The van der Waals surface area contributed by atoms with E-state index < -0.39 is 0 Å². The number of nitrogens with one attached hydrogen (secondary N) is 2. The van der Waals surface area contributed by atoms with Gasteiger partial charge in [-0.1, -0.05) is 6.92 Å². The highest BCUT2D eigenvalue weighted by atomic mass is 16.1. The van der Waals surface area contributed by atoms with Crippen molar-refractivity contribution in [2.24, 2.45) is 0 Å². The molecule has 1 saturated carbocycles. The molecule has 0 aromatic heterocycles. The fraction of sp³-hybridized carbons (Fsp3) is 0.917. The van der Waals surface area contributed by atoms with Gasteiger partial charge in [0.1, 0.15) is 0 Å². The average Bonchev–Trinajstić information content (AvgIpc) is 3.08. The lowest BCUT2D eigenvalue weighted by atomic mass is 10.2. The van der Waals surface area contributed by atoms with Gasteiger partial charge in [-0.3, -0.25) is 9.69 Å². The van der Waals surface area contributed by atoms with Crippen LogP contribution >= 0.6 is 0 Å². The summed E-state index contributed by atoms with van der Waals surface area (Å²) < 4.78 is 0. The van der Waals surface area contributed by atoms with Crippen molar-refractivity contribution in [2.75, 3.05) is 26.7 Å². The van der Waals surface area contributed by atoms with Crippen LogP contribution in [0.1, 0.15) is 33.1 Å². The van der Waals surface area contributed by atoms with Crippen LogP contribution in [-0.4, -0.2) is 49.6 Å². The zero-order valence-electron chi connectivity index (χ0n) is 10.8. The molecule has 4 nitrogen and oxygen atoms in total. The molecule has 0 saturated heterocycles. The minimum atomic E-state index is 0.106. The Balaban J connectivity index is 2.06. The van der Waals surface area contributed by atoms with Gasteiger partial charge < -0.3 is 10.6 Å². The van der Waals surface area contributed by atoms with Crippen LogP contribution in [0.25, 0.3) is 0 Å². The third-order valence-corrected chi connectivity index (χ3v) is 3.13. The lowest BCUT2D eigenvalue weighted by Gasteiger charge is -2.21. The van der Waals surface area contributed by atoms with E-state index in [1.54, 1.807) is 7.05 Å². The number of hydrogen-bond donors (Lipinski definition) is 2. The highest BCUT2D eigenvalue weighted by Gasteiger charge is 2.27. The van der Waals surface area contributed by atoms with E-state index in [0.717, 1.165) is 25.7 Å². The van der Waals surface area contributed by atoms with Gasteiger partial charge in [0.2, 0.25) is 5.91 Å². The number of nitrogens with zero attached hydrogens (tertiary/aromatic N) is 1. The van der Waals surface area contributed by atoms with E-state index in [1.165, 1.54) is 12.8 Å². The Morgan fingerprint density at radius 3 is 2.69 bits per heavy atom. The van der Waals surface area contributed by atoms with Gasteiger partial charge in [-0.15, -0.1) is 0 Å². The van der Waals surface area contributed by atoms with E-state index in [2.05, 4.69) is 29.4 Å². The third kappa shape index (κ3) is 4.94. The van der Waals surface area contributed by atoms with Crippen molar-refractivity contribution >= 4 is 5.91 Å². The molecule has 94 valence electrons. The first kappa shape index (κ1) is 13.5. The maximum atomic E-state index is 11.1. The van der Waals surface area contributed by atoms with Crippen molar-refractivity contribution in [3.05, 3.63) is 0 Å². The zero-order chi connectivity index (χ0) is 12.0. The molecule has 0 aromatic rings. The molecule has 0 aromatic carbocycles. The van der Waals surface area contributed by atoms with Crippen LogP contribution in [0, 0.1) is 0 Å². The summed E-state index contributed by atoms with van der Waals surface area (Å²) in [6, 6.07) is 1.10. The molecule has 0 bridgehead atoms. The van der Waals surface area contributed by atoms with Crippen LogP contribution in [0.15, 0.2) is 0 Å². The summed E-state index contributed by atoms with van der Waals surface area (Å²) in [4.78, 5) is 13.6. The fourth-order valence-electron chi connectivity index (χ4n) is 1.95. The summed E-state index contributed by atoms with van der Waals surface area (Å²) in [5, 5.41) is 6.04. The van der Waals surface area contributed by atoms with Crippen molar-refractivity contribution in [3.8, 4) is 0 Å². The minimum Gasteiger partial charge on any atom is -0.359 e. The molecular weight excluding hydrogens is 202 g/mol. The van der Waals surface area contributed by atoms with Crippen LogP contribution in [-0.2, 0) is 4.79 Å². The normalized spacial score (nSPS) is 17.5. The number of likely N-dealkylation sites (N-methyl/N-ethyl adjacent to an activating group) is 1. The summed E-state index contributed by atoms with van der Waals surface area (Å²) in [6.45, 7) is 7.48. The zero-order valence-corrected chi connectivity index (χ0v) is 10.8. The predicted octanol–water partition coefficient (Wildman–Crippen LogP) is 0.585. The lowest BCUT2D eigenvalue weighted by Crippen LogP contribution is -2.38. The summed E-state index contributed by atoms with van der Waals surface area (Å²) in [5.41, 5.74) is 0. The molecule has 2 N–H and O–H groups in total. The van der Waals surface area contributed by atoms with Gasteiger partial charge in [0.05, 0.1) is 0 Å². The number of carbonyl (C=O) groups is 1. The summed E-state index contributed by atoms with van der Waals surface area (Å²) in [5.74, 6) is 0.106. The van der Waals surface area contributed by atoms with Crippen molar-refractivity contribution in [3.63, 3.8) is 0 Å². The summed E-state index contributed by atoms with van der Waals surface area (Å²) >= 11 is 0. The molecule has 1 aliphatic rings. The fourth-order valence-corrected chi connectivity index (χ4v) is 1.95. The molecule has 0 aliphatic heterocycles. The second-order valence-electron chi connectivity index (χ2n) is 4.59. The molecule has 1 amide bonds. The molecule has 0 heterocycles. The second-order valence-corrected chi connectivity index (χ2v) is 4.59. The van der Waals surface area contributed by atoms with E-state index in [9.17, 15) is 4.79 Å². The van der Waals surface area contributed by atoms with Crippen LogP contribution in [0.2, 0.25) is 0 Å². The SMILES string of the molecule is CCN(CCNC(C)CC(=O)NC)C1CC1. The Bertz CT molecular complexity index is 216. The summed E-state index contributed by atoms with van der Waals surface area (Å²) in [6.07, 6.45) is 3.29. The quantitative estimate of drug-likeness (QED) is 0.638. The molecule has 1 unspecified atom stereocenters. The lowest BCUT2D eigenvalue weighted by molar-refractivity contribution is -0.121. The topological polar surface area (TPSA) is 44.4 Å². The van der Waals surface area contributed by atoms with E-state index >= 15 is 0 Å². The maximum absolute atomic E-state index is 11.1. The molecular formula is C12H25N3O. The number of hydrogen-bond acceptors (Lipinski definition) is 3. The Hall–Kier alpha value is -0.610. The Morgan fingerprint density at radius 2 is 2.19 bits per heavy atom. The standard InChI is InChI=1S/C12H25N3O/c1-4-15(11-5-6-11)8-7-14-10(2)9-12(16)13-3/h10-11,14H,4-9H2,1-3H3,(H,13,16). The maximum Gasteiger partial charge on any atom is 0.221 e. The van der Waals surface area contributed by atoms with Gasteiger partial charge in [0.15, 0.2) is 0 Å². The molecule has 16 heavy (non-hydrogen) atoms. The van der Waals surface area contributed by atoms with Crippen molar-refractivity contribution in [2.45, 2.75) is 45.2 Å². The smallest absolute Gasteiger partial charge is 0.221 e. The molecule has 1 atom stereocenters. The van der Waals surface area contributed by atoms with Crippen molar-refractivity contribution in [1.82, 2.24) is 15.5 Å². The average molecular weight is 227 g/mol. The number of amides is 1. The largest absolute Gasteiger partial charge is 0.359 e. The van der Waals surface area contributed by atoms with Gasteiger partial charge in [0, 0.05) is 38.6 Å². The molecule has 0 radical (unpaired) electrons. The van der Waals surface area contributed by atoms with Crippen molar-refractivity contribution < 1.29 is 4.79 Å². The monoisotopic (exact) mass is 227 g/mol. The Morgan fingerprint density at radius 1 is 1.50 bits per heavy atom. The number of carbonyl (C=O) groups excluding carboxylic acids is 1. The van der Waals surface area contributed by atoms with E-state index in [4.69, 9.17) is 0 Å². The van der Waals surface area contributed by atoms with E-state index in [-0.39, 0.29) is 11.9 Å². The van der Waals surface area contributed by atoms with Crippen molar-refractivity contribution in [1.29, 1.82) is 0 Å². The predicted molar refractivity (Wildman–Crippen MR) is 66.4 cm³/mol. The first-order valence-corrected chi connectivity index (χ1v) is 6.35. The first-order valence-electron chi connectivity index (χ1n) is 6.35. The van der Waals surface area contributed by atoms with Gasteiger partial charge in [-0.25, -0.2) is 0 Å². The van der Waals surface area contributed by atoms with Gasteiger partial charge in [0.25, 0.3) is 0 Å². The Labute approximate surface area is 98.8 Å². The molecule has 1 fully saturated rings. The van der Waals surface area contributed by atoms with Crippen LogP contribution in [0.5, 0.6) is 0 Å². The molecule has 0 spiro atoms. The van der Waals surface area contributed by atoms with Crippen LogP contribution in [0.3, 0.4) is 0 Å². The molecule has 4 heteroatoms. The minimum absolute atomic E-state index is 0.106. The van der Waals surface area contributed by atoms with Crippen LogP contribution in [0.4, 0.5) is 0 Å². The highest BCUT2D eigenvalue weighted by molar-refractivity contribution is 5.76. The molecule has 1 aliphatic carbocycles.